The number of aromatic nitrogens is 2. The van der Waals surface area contributed by atoms with Gasteiger partial charge in [-0.3, -0.25) is 4.90 Å². The van der Waals surface area contributed by atoms with Gasteiger partial charge < -0.3 is 5.73 Å². The maximum Gasteiger partial charge on any atom is 0.203 e. The largest absolute Gasteiger partial charge is 0.374 e. The highest BCUT2D eigenvalue weighted by atomic mass is 32.1. The van der Waals surface area contributed by atoms with E-state index in [0.29, 0.717) is 5.13 Å². The molecule has 0 aromatic carbocycles. The minimum Gasteiger partial charge on any atom is -0.374 e. The Morgan fingerprint density at radius 3 is 3.07 bits per heavy atom. The first kappa shape index (κ1) is 9.86. The topological polar surface area (TPSA) is 55.0 Å². The van der Waals surface area contributed by atoms with Crippen LogP contribution in [-0.4, -0.2) is 28.2 Å². The summed E-state index contributed by atoms with van der Waals surface area (Å²) in [5.41, 5.74) is 5.54. The van der Waals surface area contributed by atoms with Crippen LogP contribution in [0.2, 0.25) is 0 Å². The van der Waals surface area contributed by atoms with Gasteiger partial charge in [0.05, 0.1) is 6.54 Å². The van der Waals surface area contributed by atoms with Crippen LogP contribution in [-0.2, 0) is 6.54 Å². The highest BCUT2D eigenvalue weighted by molar-refractivity contribution is 7.15. The summed E-state index contributed by atoms with van der Waals surface area (Å²) < 4.78 is 0. The lowest BCUT2D eigenvalue weighted by Crippen LogP contribution is -2.33. The fourth-order valence-electron chi connectivity index (χ4n) is 1.95. The highest BCUT2D eigenvalue weighted by Gasteiger charge is 2.17. The lowest BCUT2D eigenvalue weighted by atomic mass is 10.0. The monoisotopic (exact) mass is 212 g/mol. The third kappa shape index (κ3) is 2.42. The van der Waals surface area contributed by atoms with Crippen molar-refractivity contribution in [3.05, 3.63) is 5.01 Å². The van der Waals surface area contributed by atoms with Crippen molar-refractivity contribution >= 4 is 16.5 Å². The van der Waals surface area contributed by atoms with Crippen LogP contribution in [0.25, 0.3) is 0 Å². The van der Waals surface area contributed by atoms with Crippen LogP contribution in [0.3, 0.4) is 0 Å². The molecule has 1 aliphatic heterocycles. The van der Waals surface area contributed by atoms with Crippen molar-refractivity contribution in [1.82, 2.24) is 15.1 Å². The summed E-state index contributed by atoms with van der Waals surface area (Å²) in [6, 6.07) is 0. The molecule has 0 radical (unpaired) electrons. The molecule has 0 saturated carbocycles. The number of nitrogens with zero attached hydrogens (tertiary/aromatic N) is 3. The minimum atomic E-state index is 0.574. The molecule has 1 aromatic heterocycles. The van der Waals surface area contributed by atoms with E-state index in [1.54, 1.807) is 0 Å². The van der Waals surface area contributed by atoms with Crippen LogP contribution >= 0.6 is 11.3 Å². The van der Waals surface area contributed by atoms with Crippen molar-refractivity contribution in [3.63, 3.8) is 0 Å². The number of anilines is 1. The molecule has 5 heteroatoms. The van der Waals surface area contributed by atoms with Crippen molar-refractivity contribution in [2.75, 3.05) is 18.8 Å². The molecule has 14 heavy (non-hydrogen) atoms. The summed E-state index contributed by atoms with van der Waals surface area (Å²) >= 11 is 1.50. The zero-order chi connectivity index (χ0) is 9.97. The number of piperidine rings is 1. The molecule has 2 N–H and O–H groups in total. The summed E-state index contributed by atoms with van der Waals surface area (Å²) in [5.74, 6) is 0.814. The van der Waals surface area contributed by atoms with E-state index in [2.05, 4.69) is 22.0 Å². The first-order valence-corrected chi connectivity index (χ1v) is 5.86. The van der Waals surface area contributed by atoms with E-state index in [-0.39, 0.29) is 0 Å². The van der Waals surface area contributed by atoms with Crippen LogP contribution in [0.15, 0.2) is 0 Å². The zero-order valence-electron chi connectivity index (χ0n) is 8.44. The minimum absolute atomic E-state index is 0.574. The first-order chi connectivity index (χ1) is 6.74. The summed E-state index contributed by atoms with van der Waals surface area (Å²) in [4.78, 5) is 2.44. The molecular weight excluding hydrogens is 196 g/mol. The molecule has 0 bridgehead atoms. The van der Waals surface area contributed by atoms with Gasteiger partial charge in [-0.25, -0.2) is 0 Å². The molecule has 2 heterocycles. The van der Waals surface area contributed by atoms with E-state index in [0.717, 1.165) is 17.5 Å². The van der Waals surface area contributed by atoms with Gasteiger partial charge in [0, 0.05) is 6.54 Å². The molecule has 2 rings (SSSR count). The van der Waals surface area contributed by atoms with Gasteiger partial charge in [-0.2, -0.15) is 0 Å². The summed E-state index contributed by atoms with van der Waals surface area (Å²) in [6.45, 7) is 5.59. The number of hydrogen-bond donors (Lipinski definition) is 1. The predicted molar refractivity (Wildman–Crippen MR) is 58.0 cm³/mol. The van der Waals surface area contributed by atoms with Gasteiger partial charge in [0.15, 0.2) is 0 Å². The average molecular weight is 212 g/mol. The SMILES string of the molecule is CC1CCCN(Cc2nnc(N)s2)C1. The Hall–Kier alpha value is -0.680. The van der Waals surface area contributed by atoms with E-state index < -0.39 is 0 Å². The van der Waals surface area contributed by atoms with Crippen molar-refractivity contribution in [2.45, 2.75) is 26.3 Å². The lowest BCUT2D eigenvalue weighted by molar-refractivity contribution is 0.176. The van der Waals surface area contributed by atoms with E-state index >= 15 is 0 Å². The molecule has 1 saturated heterocycles. The lowest BCUT2D eigenvalue weighted by Gasteiger charge is -2.29. The van der Waals surface area contributed by atoms with E-state index in [1.807, 2.05) is 0 Å². The summed E-state index contributed by atoms with van der Waals surface area (Å²) in [5, 5.41) is 9.47. The first-order valence-electron chi connectivity index (χ1n) is 5.04. The Morgan fingerprint density at radius 1 is 1.57 bits per heavy atom. The number of nitrogens with two attached hydrogens (primary N) is 1. The molecule has 4 nitrogen and oxygen atoms in total. The molecule has 1 atom stereocenters. The fourth-order valence-corrected chi connectivity index (χ4v) is 2.60. The smallest absolute Gasteiger partial charge is 0.203 e. The molecule has 0 aliphatic carbocycles. The maximum absolute atomic E-state index is 5.54. The number of hydrogen-bond acceptors (Lipinski definition) is 5. The summed E-state index contributed by atoms with van der Waals surface area (Å²) in [7, 11) is 0. The maximum atomic E-state index is 5.54. The van der Waals surface area contributed by atoms with Crippen LogP contribution < -0.4 is 5.73 Å². The van der Waals surface area contributed by atoms with Gasteiger partial charge >= 0.3 is 0 Å². The normalized spacial score (nSPS) is 23.9. The molecule has 1 aliphatic rings. The zero-order valence-corrected chi connectivity index (χ0v) is 9.26. The van der Waals surface area contributed by atoms with Gasteiger partial charge in [-0.1, -0.05) is 18.3 Å². The van der Waals surface area contributed by atoms with Gasteiger partial charge in [0.2, 0.25) is 5.13 Å². The third-order valence-electron chi connectivity index (χ3n) is 2.58. The summed E-state index contributed by atoms with van der Waals surface area (Å²) in [6.07, 6.45) is 2.66. The Balaban J connectivity index is 1.90. The quantitative estimate of drug-likeness (QED) is 0.804. The van der Waals surface area contributed by atoms with Gasteiger partial charge in [-0.05, 0) is 25.3 Å². The predicted octanol–water partition coefficient (Wildman–Crippen LogP) is 1.35. The average Bonchev–Trinajstić information content (AvgIpc) is 2.51. The van der Waals surface area contributed by atoms with E-state index in [1.165, 1.54) is 37.3 Å². The second kappa shape index (κ2) is 4.23. The van der Waals surface area contributed by atoms with Crippen LogP contribution in [0.1, 0.15) is 24.8 Å². The molecular formula is C9H16N4S. The van der Waals surface area contributed by atoms with Crippen molar-refractivity contribution in [1.29, 1.82) is 0 Å². The fraction of sp³-hybridized carbons (Fsp3) is 0.778. The Morgan fingerprint density at radius 2 is 2.43 bits per heavy atom. The van der Waals surface area contributed by atoms with E-state index in [9.17, 15) is 0 Å². The van der Waals surface area contributed by atoms with E-state index in [4.69, 9.17) is 5.73 Å². The molecule has 0 spiro atoms. The Labute approximate surface area is 88.1 Å². The Bertz CT molecular complexity index is 299. The second-order valence-corrected chi connectivity index (χ2v) is 5.11. The van der Waals surface area contributed by atoms with Crippen molar-refractivity contribution in [3.8, 4) is 0 Å². The molecule has 1 unspecified atom stereocenters. The Kier molecular flexibility index (Phi) is 2.98. The standard InChI is InChI=1S/C9H16N4S/c1-7-3-2-4-13(5-7)6-8-11-12-9(10)14-8/h7H,2-6H2,1H3,(H2,10,12). The molecule has 1 fully saturated rings. The molecule has 0 amide bonds. The molecule has 78 valence electrons. The van der Waals surface area contributed by atoms with Crippen LogP contribution in [0, 0.1) is 5.92 Å². The third-order valence-corrected chi connectivity index (χ3v) is 3.32. The highest BCUT2D eigenvalue weighted by Crippen LogP contribution is 2.19. The van der Waals surface area contributed by atoms with Crippen LogP contribution in [0.4, 0.5) is 5.13 Å². The number of likely N-dealkylation sites (tertiary alicyclic amines) is 1. The van der Waals surface area contributed by atoms with Crippen LogP contribution in [0.5, 0.6) is 0 Å². The van der Waals surface area contributed by atoms with Crippen molar-refractivity contribution in [2.24, 2.45) is 5.92 Å². The van der Waals surface area contributed by atoms with Gasteiger partial charge in [-0.15, -0.1) is 10.2 Å². The van der Waals surface area contributed by atoms with Crippen molar-refractivity contribution < 1.29 is 0 Å². The number of rotatable bonds is 2. The second-order valence-electron chi connectivity index (χ2n) is 4.02. The van der Waals surface area contributed by atoms with Gasteiger partial charge in [0.25, 0.3) is 0 Å². The number of nitrogen functional groups attached to an aromatic ring is 1. The molecule has 1 aromatic rings. The van der Waals surface area contributed by atoms with Gasteiger partial charge in [0.1, 0.15) is 5.01 Å².